The van der Waals surface area contributed by atoms with Crippen LogP contribution in [-0.2, 0) is 0 Å². The van der Waals surface area contributed by atoms with Gasteiger partial charge in [-0.25, -0.2) is 4.98 Å². The molecule has 1 N–H and O–H groups in total. The van der Waals surface area contributed by atoms with Gasteiger partial charge in [-0.1, -0.05) is 12.1 Å². The van der Waals surface area contributed by atoms with Gasteiger partial charge in [0.05, 0.1) is 12.8 Å². The van der Waals surface area contributed by atoms with E-state index < -0.39 is 0 Å². The lowest BCUT2D eigenvalue weighted by Gasteiger charge is -2.04. The quantitative estimate of drug-likeness (QED) is 0.749. The van der Waals surface area contributed by atoms with Crippen LogP contribution in [0.25, 0.3) is 16.9 Å². The van der Waals surface area contributed by atoms with E-state index in [2.05, 4.69) is 4.98 Å². The van der Waals surface area contributed by atoms with Gasteiger partial charge in [0, 0.05) is 18.0 Å². The Balaban J connectivity index is 2.23. The lowest BCUT2D eigenvalue weighted by atomic mass is 10.1. The Morgan fingerprint density at radius 1 is 1.17 bits per heavy atom. The molecular formula is C14H12N2O2. The summed E-state index contributed by atoms with van der Waals surface area (Å²) in [6.07, 6.45) is 3.72. The summed E-state index contributed by atoms with van der Waals surface area (Å²) in [5.41, 5.74) is 2.22. The molecule has 0 atom stereocenters. The maximum Gasteiger partial charge on any atom is 0.180 e. The van der Waals surface area contributed by atoms with E-state index in [0.717, 1.165) is 17.0 Å². The van der Waals surface area contributed by atoms with Gasteiger partial charge in [0.1, 0.15) is 5.75 Å². The number of imidazole rings is 1. The number of hydrogen-bond donors (Lipinski definition) is 1. The highest BCUT2D eigenvalue weighted by molar-refractivity contribution is 5.70. The van der Waals surface area contributed by atoms with Gasteiger partial charge in [0.25, 0.3) is 0 Å². The van der Waals surface area contributed by atoms with Crippen molar-refractivity contribution in [1.29, 1.82) is 0 Å². The molecule has 4 nitrogen and oxygen atoms in total. The highest BCUT2D eigenvalue weighted by Crippen LogP contribution is 2.30. The zero-order chi connectivity index (χ0) is 12.5. The van der Waals surface area contributed by atoms with E-state index in [-0.39, 0.29) is 5.75 Å². The highest BCUT2D eigenvalue weighted by atomic mass is 16.5. The summed E-state index contributed by atoms with van der Waals surface area (Å²) in [5.74, 6) is 0.930. The number of pyridine rings is 1. The van der Waals surface area contributed by atoms with Gasteiger partial charge < -0.3 is 14.2 Å². The van der Waals surface area contributed by atoms with E-state index in [9.17, 15) is 5.11 Å². The van der Waals surface area contributed by atoms with Crippen LogP contribution in [-0.4, -0.2) is 21.6 Å². The van der Waals surface area contributed by atoms with Crippen LogP contribution in [0, 0.1) is 0 Å². The molecule has 90 valence electrons. The number of aromatic hydroxyl groups is 1. The summed E-state index contributed by atoms with van der Waals surface area (Å²) >= 11 is 0. The molecule has 0 unspecified atom stereocenters. The summed E-state index contributed by atoms with van der Waals surface area (Å²) in [7, 11) is 1.63. The molecule has 0 bridgehead atoms. The predicted octanol–water partition coefficient (Wildman–Crippen LogP) is 2.72. The van der Waals surface area contributed by atoms with E-state index in [1.54, 1.807) is 23.6 Å². The molecule has 3 rings (SSSR count). The number of para-hydroxylation sites is 1. The van der Waals surface area contributed by atoms with Crippen LogP contribution in [0.4, 0.5) is 0 Å². The van der Waals surface area contributed by atoms with Gasteiger partial charge in [0.15, 0.2) is 11.4 Å². The third-order valence-corrected chi connectivity index (χ3v) is 2.85. The van der Waals surface area contributed by atoms with E-state index in [1.807, 2.05) is 36.7 Å². The number of nitrogens with zero attached hydrogens (tertiary/aromatic N) is 2. The monoisotopic (exact) mass is 240 g/mol. The van der Waals surface area contributed by atoms with Gasteiger partial charge in [0.2, 0.25) is 0 Å². The van der Waals surface area contributed by atoms with E-state index in [4.69, 9.17) is 4.74 Å². The van der Waals surface area contributed by atoms with Gasteiger partial charge in [-0.15, -0.1) is 0 Å². The fourth-order valence-corrected chi connectivity index (χ4v) is 1.98. The smallest absolute Gasteiger partial charge is 0.180 e. The minimum atomic E-state index is 0.165. The maximum absolute atomic E-state index is 9.74. The Kier molecular flexibility index (Phi) is 2.41. The Hall–Kier alpha value is -2.49. The third-order valence-electron chi connectivity index (χ3n) is 2.85. The fraction of sp³-hybridized carbons (Fsp3) is 0.0714. The van der Waals surface area contributed by atoms with Gasteiger partial charge in [-0.2, -0.15) is 0 Å². The van der Waals surface area contributed by atoms with Crippen LogP contribution in [0.5, 0.6) is 11.5 Å². The van der Waals surface area contributed by atoms with Crippen molar-refractivity contribution in [3.8, 4) is 22.8 Å². The maximum atomic E-state index is 9.74. The Morgan fingerprint density at radius 3 is 2.78 bits per heavy atom. The van der Waals surface area contributed by atoms with Crippen molar-refractivity contribution in [2.45, 2.75) is 0 Å². The zero-order valence-electron chi connectivity index (χ0n) is 9.87. The molecule has 1 aromatic carbocycles. The first-order chi connectivity index (χ1) is 8.79. The molecule has 0 fully saturated rings. The second kappa shape index (κ2) is 4.07. The molecular weight excluding hydrogens is 228 g/mol. The van der Waals surface area contributed by atoms with Crippen molar-refractivity contribution in [2.24, 2.45) is 0 Å². The van der Waals surface area contributed by atoms with Crippen LogP contribution in [0.2, 0.25) is 0 Å². The molecule has 3 aromatic rings. The Morgan fingerprint density at radius 2 is 2.00 bits per heavy atom. The molecule has 2 heterocycles. The first kappa shape index (κ1) is 10.7. The largest absolute Gasteiger partial charge is 0.504 e. The molecule has 0 saturated heterocycles. The number of rotatable bonds is 2. The summed E-state index contributed by atoms with van der Waals surface area (Å²) in [5, 5.41) is 9.74. The van der Waals surface area contributed by atoms with Gasteiger partial charge >= 0.3 is 0 Å². The SMILES string of the molecule is COc1ccccc1-c1cn2cccc(O)c2n1. The van der Waals surface area contributed by atoms with Crippen LogP contribution in [0.3, 0.4) is 0 Å². The minimum Gasteiger partial charge on any atom is -0.504 e. The van der Waals surface area contributed by atoms with Crippen molar-refractivity contribution >= 4 is 5.65 Å². The molecule has 0 spiro atoms. The lowest BCUT2D eigenvalue weighted by molar-refractivity contribution is 0.416. The predicted molar refractivity (Wildman–Crippen MR) is 68.8 cm³/mol. The second-order valence-electron chi connectivity index (χ2n) is 3.95. The van der Waals surface area contributed by atoms with E-state index in [0.29, 0.717) is 5.65 Å². The van der Waals surface area contributed by atoms with Crippen molar-refractivity contribution in [2.75, 3.05) is 7.11 Å². The summed E-state index contributed by atoms with van der Waals surface area (Å²) < 4.78 is 7.10. The zero-order valence-corrected chi connectivity index (χ0v) is 9.87. The molecule has 0 amide bonds. The first-order valence-corrected chi connectivity index (χ1v) is 5.59. The molecule has 18 heavy (non-hydrogen) atoms. The average Bonchev–Trinajstić information content (AvgIpc) is 2.84. The summed E-state index contributed by atoms with van der Waals surface area (Å²) in [4.78, 5) is 4.42. The number of methoxy groups -OCH3 is 1. The van der Waals surface area contributed by atoms with Gasteiger partial charge in [-0.3, -0.25) is 0 Å². The number of benzene rings is 1. The average molecular weight is 240 g/mol. The minimum absolute atomic E-state index is 0.165. The van der Waals surface area contributed by atoms with Gasteiger partial charge in [-0.05, 0) is 24.3 Å². The molecule has 0 aliphatic rings. The Labute approximate surface area is 104 Å². The number of aromatic nitrogens is 2. The second-order valence-corrected chi connectivity index (χ2v) is 3.95. The van der Waals surface area contributed by atoms with Crippen LogP contribution in [0.15, 0.2) is 48.8 Å². The van der Waals surface area contributed by atoms with Crippen molar-refractivity contribution in [1.82, 2.24) is 9.38 Å². The molecule has 0 aliphatic carbocycles. The number of ether oxygens (including phenoxy) is 1. The highest BCUT2D eigenvalue weighted by Gasteiger charge is 2.10. The molecule has 0 saturated carbocycles. The fourth-order valence-electron chi connectivity index (χ4n) is 1.98. The standard InChI is InChI=1S/C14H12N2O2/c1-18-13-7-3-2-5-10(13)11-9-16-8-4-6-12(17)14(16)15-11/h2-9,17H,1H3. The molecule has 4 heteroatoms. The normalized spacial score (nSPS) is 10.7. The van der Waals surface area contributed by atoms with Crippen LogP contribution >= 0.6 is 0 Å². The van der Waals surface area contributed by atoms with E-state index in [1.165, 1.54) is 0 Å². The van der Waals surface area contributed by atoms with E-state index >= 15 is 0 Å². The Bertz CT molecular complexity index is 704. The summed E-state index contributed by atoms with van der Waals surface area (Å²) in [6, 6.07) is 11.1. The first-order valence-electron chi connectivity index (χ1n) is 5.59. The van der Waals surface area contributed by atoms with Crippen LogP contribution < -0.4 is 4.74 Å². The van der Waals surface area contributed by atoms with Crippen molar-refractivity contribution in [3.05, 3.63) is 48.8 Å². The number of hydrogen-bond acceptors (Lipinski definition) is 3. The lowest BCUT2D eigenvalue weighted by Crippen LogP contribution is -1.86. The van der Waals surface area contributed by atoms with Crippen LogP contribution in [0.1, 0.15) is 0 Å². The third kappa shape index (κ3) is 1.59. The summed E-state index contributed by atoms with van der Waals surface area (Å²) in [6.45, 7) is 0. The number of fused-ring (bicyclic) bond motifs is 1. The van der Waals surface area contributed by atoms with Crippen molar-refractivity contribution in [3.63, 3.8) is 0 Å². The molecule has 0 aliphatic heterocycles. The van der Waals surface area contributed by atoms with Crippen molar-refractivity contribution < 1.29 is 9.84 Å². The topological polar surface area (TPSA) is 46.8 Å². The molecule has 2 aromatic heterocycles. The molecule has 0 radical (unpaired) electrons.